The Kier molecular flexibility index (Phi) is 5.57. The number of aromatic nitrogens is 3. The monoisotopic (exact) mass is 309 g/mol. The maximum absolute atomic E-state index is 5.81. The summed E-state index contributed by atoms with van der Waals surface area (Å²) in [4.78, 5) is 11.8. The zero-order valence-electron chi connectivity index (χ0n) is 11.9. The standard InChI is InChI=1S/C14H16ClN3O3/c1-3-8-20-13-16-12(15)17-14(18-13)21-9-10-4-6-11(19-2)7-5-10/h4-7H,3,8-9H2,1-2H3. The van der Waals surface area contributed by atoms with Gasteiger partial charge in [0.25, 0.3) is 0 Å². The minimum atomic E-state index is 0.0424. The van der Waals surface area contributed by atoms with Gasteiger partial charge in [-0.3, -0.25) is 0 Å². The van der Waals surface area contributed by atoms with Gasteiger partial charge in [0.05, 0.1) is 13.7 Å². The van der Waals surface area contributed by atoms with E-state index in [2.05, 4.69) is 15.0 Å². The van der Waals surface area contributed by atoms with Gasteiger partial charge < -0.3 is 14.2 Å². The van der Waals surface area contributed by atoms with Crippen molar-refractivity contribution in [1.82, 2.24) is 15.0 Å². The first kappa shape index (κ1) is 15.3. The van der Waals surface area contributed by atoms with E-state index in [0.29, 0.717) is 13.2 Å². The summed E-state index contributed by atoms with van der Waals surface area (Å²) in [5, 5.41) is 0.0424. The molecule has 21 heavy (non-hydrogen) atoms. The van der Waals surface area contributed by atoms with Gasteiger partial charge in [-0.15, -0.1) is 4.98 Å². The van der Waals surface area contributed by atoms with Crippen LogP contribution < -0.4 is 14.2 Å². The summed E-state index contributed by atoms with van der Waals surface area (Å²) in [7, 11) is 1.62. The lowest BCUT2D eigenvalue weighted by molar-refractivity contribution is 0.255. The number of methoxy groups -OCH3 is 1. The van der Waals surface area contributed by atoms with E-state index in [9.17, 15) is 0 Å². The molecule has 6 nitrogen and oxygen atoms in total. The molecule has 112 valence electrons. The minimum absolute atomic E-state index is 0.0424. The molecule has 0 unspecified atom stereocenters. The molecule has 0 aliphatic carbocycles. The van der Waals surface area contributed by atoms with Gasteiger partial charge in [0, 0.05) is 0 Å². The molecule has 0 atom stereocenters. The summed E-state index contributed by atoms with van der Waals surface area (Å²) < 4.78 is 15.9. The maximum Gasteiger partial charge on any atom is 0.324 e. The molecule has 0 radical (unpaired) electrons. The molecule has 1 aromatic heterocycles. The van der Waals surface area contributed by atoms with Crippen molar-refractivity contribution in [2.24, 2.45) is 0 Å². The molecule has 0 saturated heterocycles. The highest BCUT2D eigenvalue weighted by atomic mass is 35.5. The molecule has 2 aromatic rings. The Morgan fingerprint density at radius 2 is 1.67 bits per heavy atom. The quantitative estimate of drug-likeness (QED) is 0.783. The maximum atomic E-state index is 5.81. The number of nitrogens with zero attached hydrogens (tertiary/aromatic N) is 3. The van der Waals surface area contributed by atoms with Crippen LogP contribution in [-0.4, -0.2) is 28.7 Å². The zero-order chi connectivity index (χ0) is 15.1. The second-order valence-corrected chi connectivity index (χ2v) is 4.49. The van der Waals surface area contributed by atoms with Crippen molar-refractivity contribution in [3.05, 3.63) is 35.1 Å². The molecule has 0 aliphatic heterocycles. The first-order valence-electron chi connectivity index (χ1n) is 6.51. The molecule has 0 N–H and O–H groups in total. The van der Waals surface area contributed by atoms with Crippen molar-refractivity contribution in [2.45, 2.75) is 20.0 Å². The fourth-order valence-electron chi connectivity index (χ4n) is 1.51. The average molecular weight is 310 g/mol. The third-order valence-corrected chi connectivity index (χ3v) is 2.70. The summed E-state index contributed by atoms with van der Waals surface area (Å²) in [6.07, 6.45) is 0.853. The number of hydrogen-bond acceptors (Lipinski definition) is 6. The second-order valence-electron chi connectivity index (χ2n) is 4.15. The van der Waals surface area contributed by atoms with Crippen LogP contribution in [0.25, 0.3) is 0 Å². The molecule has 1 heterocycles. The number of benzene rings is 1. The van der Waals surface area contributed by atoms with Crippen LogP contribution >= 0.6 is 11.6 Å². The van der Waals surface area contributed by atoms with E-state index in [1.54, 1.807) is 7.11 Å². The third-order valence-electron chi connectivity index (χ3n) is 2.53. The lowest BCUT2D eigenvalue weighted by Gasteiger charge is -2.07. The Hall–Kier alpha value is -2.08. The molecule has 1 aromatic carbocycles. The summed E-state index contributed by atoms with van der Waals surface area (Å²) in [6.45, 7) is 2.82. The van der Waals surface area contributed by atoms with E-state index in [0.717, 1.165) is 17.7 Å². The van der Waals surface area contributed by atoms with Crippen molar-refractivity contribution >= 4 is 11.6 Å². The Balaban J connectivity index is 1.99. The third kappa shape index (κ3) is 4.75. The average Bonchev–Trinajstić information content (AvgIpc) is 2.51. The molecule has 2 rings (SSSR count). The number of halogens is 1. The molecule has 0 fully saturated rings. The highest BCUT2D eigenvalue weighted by molar-refractivity contribution is 6.28. The van der Waals surface area contributed by atoms with Crippen LogP contribution in [0.1, 0.15) is 18.9 Å². The zero-order valence-corrected chi connectivity index (χ0v) is 12.6. The molecule has 0 spiro atoms. The Morgan fingerprint density at radius 3 is 2.29 bits per heavy atom. The SMILES string of the molecule is CCCOc1nc(Cl)nc(OCc2ccc(OC)cc2)n1. The van der Waals surface area contributed by atoms with Crippen LogP contribution in [0.15, 0.2) is 24.3 Å². The van der Waals surface area contributed by atoms with Crippen LogP contribution in [0.3, 0.4) is 0 Å². The van der Waals surface area contributed by atoms with Gasteiger partial charge in [-0.2, -0.15) is 9.97 Å². The van der Waals surface area contributed by atoms with E-state index in [1.807, 2.05) is 31.2 Å². The Labute approximate surface area is 128 Å². The summed E-state index contributed by atoms with van der Waals surface area (Å²) in [6, 6.07) is 7.81. The molecule has 0 saturated carbocycles. The van der Waals surface area contributed by atoms with Crippen LogP contribution in [-0.2, 0) is 6.61 Å². The lowest BCUT2D eigenvalue weighted by Crippen LogP contribution is -2.05. The van der Waals surface area contributed by atoms with Gasteiger partial charge in [0.2, 0.25) is 5.28 Å². The predicted octanol–water partition coefficient (Wildman–Crippen LogP) is 2.90. The molecule has 0 amide bonds. The highest BCUT2D eigenvalue weighted by Crippen LogP contribution is 2.16. The fraction of sp³-hybridized carbons (Fsp3) is 0.357. The van der Waals surface area contributed by atoms with Crippen LogP contribution in [0.4, 0.5) is 0 Å². The van der Waals surface area contributed by atoms with E-state index in [-0.39, 0.29) is 17.3 Å². The molecule has 0 bridgehead atoms. The molecular formula is C14H16ClN3O3. The second kappa shape index (κ2) is 7.64. The molecule has 7 heteroatoms. The van der Waals surface area contributed by atoms with Gasteiger partial charge in [0.15, 0.2) is 0 Å². The lowest BCUT2D eigenvalue weighted by atomic mass is 10.2. The van der Waals surface area contributed by atoms with E-state index < -0.39 is 0 Å². The predicted molar refractivity (Wildman–Crippen MR) is 77.9 cm³/mol. The van der Waals surface area contributed by atoms with Crippen molar-refractivity contribution in [1.29, 1.82) is 0 Å². The van der Waals surface area contributed by atoms with Crippen molar-refractivity contribution < 1.29 is 14.2 Å². The topological polar surface area (TPSA) is 66.4 Å². The van der Waals surface area contributed by atoms with Crippen molar-refractivity contribution in [3.8, 4) is 17.8 Å². The van der Waals surface area contributed by atoms with E-state index in [4.69, 9.17) is 25.8 Å². The molecule has 0 aliphatic rings. The van der Waals surface area contributed by atoms with Crippen LogP contribution in [0.5, 0.6) is 17.8 Å². The van der Waals surface area contributed by atoms with Crippen molar-refractivity contribution in [2.75, 3.05) is 13.7 Å². The number of ether oxygens (including phenoxy) is 3. The van der Waals surface area contributed by atoms with Gasteiger partial charge in [-0.25, -0.2) is 0 Å². The van der Waals surface area contributed by atoms with Crippen molar-refractivity contribution in [3.63, 3.8) is 0 Å². The largest absolute Gasteiger partial charge is 0.497 e. The van der Waals surface area contributed by atoms with Gasteiger partial charge in [0.1, 0.15) is 12.4 Å². The number of hydrogen-bond donors (Lipinski definition) is 0. The Bertz CT molecular complexity index is 578. The summed E-state index contributed by atoms with van der Waals surface area (Å²) >= 11 is 5.81. The normalized spacial score (nSPS) is 10.2. The van der Waals surface area contributed by atoms with E-state index in [1.165, 1.54) is 0 Å². The Morgan fingerprint density at radius 1 is 1.00 bits per heavy atom. The van der Waals surface area contributed by atoms with E-state index >= 15 is 0 Å². The summed E-state index contributed by atoms with van der Waals surface area (Å²) in [5.74, 6) is 0.789. The highest BCUT2D eigenvalue weighted by Gasteiger charge is 2.07. The van der Waals surface area contributed by atoms with Crippen LogP contribution in [0.2, 0.25) is 5.28 Å². The summed E-state index contributed by atoms with van der Waals surface area (Å²) in [5.41, 5.74) is 0.961. The first-order chi connectivity index (χ1) is 10.2. The minimum Gasteiger partial charge on any atom is -0.497 e. The van der Waals surface area contributed by atoms with Gasteiger partial charge in [-0.1, -0.05) is 19.1 Å². The number of rotatable bonds is 7. The fourth-order valence-corrected chi connectivity index (χ4v) is 1.65. The molecular weight excluding hydrogens is 294 g/mol. The van der Waals surface area contributed by atoms with Crippen LogP contribution in [0, 0.1) is 0 Å². The van der Waals surface area contributed by atoms with Gasteiger partial charge >= 0.3 is 12.0 Å². The smallest absolute Gasteiger partial charge is 0.324 e. The first-order valence-corrected chi connectivity index (χ1v) is 6.89. The van der Waals surface area contributed by atoms with Gasteiger partial charge in [-0.05, 0) is 35.7 Å².